The van der Waals surface area contributed by atoms with E-state index in [1.807, 2.05) is 0 Å². The van der Waals surface area contributed by atoms with Crippen LogP contribution in [0.3, 0.4) is 0 Å². The third kappa shape index (κ3) is 3.98. The number of thiophene rings is 1. The van der Waals surface area contributed by atoms with Gasteiger partial charge in [-0.05, 0) is 56.4 Å². The van der Waals surface area contributed by atoms with E-state index in [-0.39, 0.29) is 17.7 Å². The van der Waals surface area contributed by atoms with E-state index < -0.39 is 0 Å². The van der Waals surface area contributed by atoms with Gasteiger partial charge in [0, 0.05) is 36.5 Å². The maximum atomic E-state index is 13.1. The SMILES string of the molecule is O=C(NCC1CC1)c1c(NC(=O)C2CC2)sc2c1CC(N1CCOCC1)CC2. The van der Waals surface area contributed by atoms with Gasteiger partial charge in [0.1, 0.15) is 5.00 Å². The number of nitrogens with one attached hydrogen (secondary N) is 2. The lowest BCUT2D eigenvalue weighted by Crippen LogP contribution is -2.46. The summed E-state index contributed by atoms with van der Waals surface area (Å²) in [5.74, 6) is 0.865. The van der Waals surface area contributed by atoms with Gasteiger partial charge in [-0.15, -0.1) is 11.3 Å². The number of anilines is 1. The Morgan fingerprint density at radius 1 is 1.11 bits per heavy atom. The van der Waals surface area contributed by atoms with Crippen LogP contribution in [0, 0.1) is 11.8 Å². The van der Waals surface area contributed by atoms with Gasteiger partial charge in [-0.2, -0.15) is 0 Å². The van der Waals surface area contributed by atoms with E-state index in [9.17, 15) is 9.59 Å². The Hall–Kier alpha value is -1.44. The van der Waals surface area contributed by atoms with E-state index in [4.69, 9.17) is 4.74 Å². The molecule has 1 unspecified atom stereocenters. The van der Waals surface area contributed by atoms with Crippen molar-refractivity contribution in [1.82, 2.24) is 10.2 Å². The molecule has 28 heavy (non-hydrogen) atoms. The minimum atomic E-state index is -0.00174. The second-order valence-corrected chi connectivity index (χ2v) is 9.77. The second kappa shape index (κ2) is 7.76. The maximum absolute atomic E-state index is 13.1. The number of aryl methyl sites for hydroxylation is 1. The molecule has 3 aliphatic carbocycles. The van der Waals surface area contributed by atoms with Crippen LogP contribution in [0.2, 0.25) is 0 Å². The lowest BCUT2D eigenvalue weighted by molar-refractivity contribution is -0.117. The molecule has 2 saturated carbocycles. The van der Waals surface area contributed by atoms with Crippen molar-refractivity contribution in [2.45, 2.75) is 51.0 Å². The standard InChI is InChI=1S/C21H29N3O3S/c25-19(14-3-4-14)23-21-18(20(26)22-12-13-1-2-13)16-11-15(5-6-17(16)28-21)24-7-9-27-10-8-24/h13-15H,1-12H2,(H,22,26)(H,23,25). The van der Waals surface area contributed by atoms with E-state index in [2.05, 4.69) is 15.5 Å². The lowest BCUT2D eigenvalue weighted by atomic mass is 9.90. The first kappa shape index (κ1) is 18.6. The second-order valence-electron chi connectivity index (χ2n) is 8.67. The molecule has 4 aliphatic rings. The summed E-state index contributed by atoms with van der Waals surface area (Å²) in [6.45, 7) is 4.29. The molecule has 1 aromatic rings. The van der Waals surface area contributed by atoms with Crippen molar-refractivity contribution in [2.75, 3.05) is 38.2 Å². The number of carbonyl (C=O) groups is 2. The van der Waals surface area contributed by atoms with Crippen molar-refractivity contribution in [3.8, 4) is 0 Å². The fourth-order valence-electron chi connectivity index (χ4n) is 4.35. The van der Waals surface area contributed by atoms with Crippen molar-refractivity contribution in [3.63, 3.8) is 0 Å². The summed E-state index contributed by atoms with van der Waals surface area (Å²) in [6, 6.07) is 0.466. The molecule has 1 saturated heterocycles. The van der Waals surface area contributed by atoms with Gasteiger partial charge >= 0.3 is 0 Å². The predicted octanol–water partition coefficient (Wildman–Crippen LogP) is 2.43. The summed E-state index contributed by atoms with van der Waals surface area (Å²) in [6.07, 6.45) is 7.38. The molecule has 152 valence electrons. The molecule has 1 aliphatic heterocycles. The fraction of sp³-hybridized carbons (Fsp3) is 0.714. The minimum absolute atomic E-state index is 0.00174. The van der Waals surface area contributed by atoms with Crippen molar-refractivity contribution < 1.29 is 14.3 Å². The third-order valence-corrected chi connectivity index (χ3v) is 7.66. The van der Waals surface area contributed by atoms with Crippen molar-refractivity contribution in [3.05, 3.63) is 16.0 Å². The van der Waals surface area contributed by atoms with Crippen molar-refractivity contribution in [1.29, 1.82) is 0 Å². The predicted molar refractivity (Wildman–Crippen MR) is 109 cm³/mol. The zero-order chi connectivity index (χ0) is 19.1. The number of morpholine rings is 1. The molecule has 0 aromatic carbocycles. The first-order chi connectivity index (χ1) is 13.7. The van der Waals surface area contributed by atoms with Crippen LogP contribution >= 0.6 is 11.3 Å². The number of rotatable bonds is 6. The van der Waals surface area contributed by atoms with Gasteiger partial charge in [-0.3, -0.25) is 14.5 Å². The Bertz CT molecular complexity index is 763. The third-order valence-electron chi connectivity index (χ3n) is 6.46. The van der Waals surface area contributed by atoms with Crippen LogP contribution in [0.5, 0.6) is 0 Å². The number of nitrogens with zero attached hydrogens (tertiary/aromatic N) is 1. The van der Waals surface area contributed by atoms with Gasteiger partial charge in [-0.25, -0.2) is 0 Å². The topological polar surface area (TPSA) is 70.7 Å². The summed E-state index contributed by atoms with van der Waals surface area (Å²) in [7, 11) is 0. The number of hydrogen-bond donors (Lipinski definition) is 2. The molecule has 0 radical (unpaired) electrons. The van der Waals surface area contributed by atoms with E-state index in [1.54, 1.807) is 11.3 Å². The Kier molecular flexibility index (Phi) is 5.15. The molecule has 2 N–H and O–H groups in total. The van der Waals surface area contributed by atoms with Crippen LogP contribution in [0.1, 0.15) is 52.9 Å². The molecule has 3 fully saturated rings. The first-order valence-electron chi connectivity index (χ1n) is 10.7. The monoisotopic (exact) mass is 403 g/mol. The van der Waals surface area contributed by atoms with E-state index in [0.29, 0.717) is 12.0 Å². The Morgan fingerprint density at radius 2 is 1.89 bits per heavy atom. The Labute approximate surface area is 170 Å². The van der Waals surface area contributed by atoms with Crippen molar-refractivity contribution >= 4 is 28.2 Å². The molecule has 0 bridgehead atoms. The zero-order valence-electron chi connectivity index (χ0n) is 16.3. The van der Waals surface area contributed by atoms with Gasteiger partial charge in [0.15, 0.2) is 0 Å². The molecule has 2 heterocycles. The molecule has 6 nitrogen and oxygen atoms in total. The minimum Gasteiger partial charge on any atom is -0.379 e. The highest BCUT2D eigenvalue weighted by molar-refractivity contribution is 7.17. The number of ether oxygens (including phenoxy) is 1. The molecular formula is C21H29N3O3S. The smallest absolute Gasteiger partial charge is 0.254 e. The molecule has 7 heteroatoms. The summed E-state index contributed by atoms with van der Waals surface area (Å²) >= 11 is 1.63. The van der Waals surface area contributed by atoms with Gasteiger partial charge in [0.25, 0.3) is 5.91 Å². The van der Waals surface area contributed by atoms with Crippen LogP contribution in [0.4, 0.5) is 5.00 Å². The number of carbonyl (C=O) groups excluding carboxylic acids is 2. The molecular weight excluding hydrogens is 374 g/mol. The highest BCUT2D eigenvalue weighted by Gasteiger charge is 2.35. The lowest BCUT2D eigenvalue weighted by Gasteiger charge is -2.36. The van der Waals surface area contributed by atoms with Gasteiger partial charge in [-0.1, -0.05) is 0 Å². The highest BCUT2D eigenvalue weighted by atomic mass is 32.1. The summed E-state index contributed by atoms with van der Waals surface area (Å²) in [5.41, 5.74) is 1.92. The molecule has 1 atom stereocenters. The Morgan fingerprint density at radius 3 is 2.61 bits per heavy atom. The van der Waals surface area contributed by atoms with Gasteiger partial charge in [0.05, 0.1) is 18.8 Å². The van der Waals surface area contributed by atoms with E-state index in [1.165, 1.54) is 23.3 Å². The number of amides is 2. The maximum Gasteiger partial charge on any atom is 0.254 e. The molecule has 2 amide bonds. The largest absolute Gasteiger partial charge is 0.379 e. The van der Waals surface area contributed by atoms with Crippen LogP contribution in [0.15, 0.2) is 0 Å². The summed E-state index contributed by atoms with van der Waals surface area (Å²) in [4.78, 5) is 29.3. The Balaban J connectivity index is 1.39. The van der Waals surface area contributed by atoms with E-state index in [0.717, 1.165) is 75.5 Å². The van der Waals surface area contributed by atoms with Gasteiger partial charge < -0.3 is 15.4 Å². The highest BCUT2D eigenvalue weighted by Crippen LogP contribution is 2.41. The van der Waals surface area contributed by atoms with Crippen molar-refractivity contribution in [2.24, 2.45) is 11.8 Å². The molecule has 0 spiro atoms. The number of fused-ring (bicyclic) bond motifs is 1. The van der Waals surface area contributed by atoms with Gasteiger partial charge in [0.2, 0.25) is 5.91 Å². The summed E-state index contributed by atoms with van der Waals surface area (Å²) in [5, 5.41) is 7.00. The van der Waals surface area contributed by atoms with E-state index >= 15 is 0 Å². The number of hydrogen-bond acceptors (Lipinski definition) is 5. The van der Waals surface area contributed by atoms with Crippen LogP contribution in [-0.2, 0) is 22.4 Å². The van der Waals surface area contributed by atoms with Crippen LogP contribution in [-0.4, -0.2) is 55.6 Å². The summed E-state index contributed by atoms with van der Waals surface area (Å²) < 4.78 is 5.51. The quantitative estimate of drug-likeness (QED) is 0.765. The van der Waals surface area contributed by atoms with Crippen LogP contribution in [0.25, 0.3) is 0 Å². The molecule has 1 aromatic heterocycles. The molecule has 5 rings (SSSR count). The first-order valence-corrected chi connectivity index (χ1v) is 11.6. The zero-order valence-corrected chi connectivity index (χ0v) is 17.1. The van der Waals surface area contributed by atoms with Crippen LogP contribution < -0.4 is 10.6 Å². The normalized spacial score (nSPS) is 25.2. The average Bonchev–Trinajstić information content (AvgIpc) is 3.62. The average molecular weight is 404 g/mol. The fourth-order valence-corrected chi connectivity index (χ4v) is 5.60.